The number of morpholine rings is 1. The molecule has 2 heterocycles. The number of benzene rings is 1. The maximum Gasteiger partial charge on any atom is 0.274 e. The van der Waals surface area contributed by atoms with E-state index >= 15 is 0 Å². The Hall–Kier alpha value is -1.89. The Morgan fingerprint density at radius 1 is 1.29 bits per heavy atom. The molecule has 0 bridgehead atoms. The van der Waals surface area contributed by atoms with Crippen LogP contribution in [0.15, 0.2) is 28.8 Å². The van der Waals surface area contributed by atoms with Crippen molar-refractivity contribution in [3.8, 4) is 0 Å². The van der Waals surface area contributed by atoms with E-state index in [1.807, 2.05) is 19.1 Å². The zero-order valence-corrected chi connectivity index (χ0v) is 14.3. The summed E-state index contributed by atoms with van der Waals surface area (Å²) in [6.07, 6.45) is 0. The number of carbonyl (C=O) groups excluding carboxylic acids is 1. The fourth-order valence-corrected chi connectivity index (χ4v) is 2.73. The summed E-state index contributed by atoms with van der Waals surface area (Å²) in [5.74, 6) is 0.447. The van der Waals surface area contributed by atoms with Crippen LogP contribution >= 0.6 is 11.6 Å². The molecule has 3 rings (SSSR count). The number of aromatic nitrogens is 1. The Labute approximate surface area is 145 Å². The van der Waals surface area contributed by atoms with Crippen LogP contribution in [-0.4, -0.2) is 42.3 Å². The van der Waals surface area contributed by atoms with Crippen molar-refractivity contribution >= 4 is 17.5 Å². The molecule has 1 fully saturated rings. The van der Waals surface area contributed by atoms with Crippen molar-refractivity contribution < 1.29 is 14.1 Å². The molecule has 0 aliphatic carbocycles. The van der Waals surface area contributed by atoms with E-state index < -0.39 is 0 Å². The number of nitrogens with zero attached hydrogens (tertiary/aromatic N) is 2. The zero-order chi connectivity index (χ0) is 16.9. The number of amides is 1. The summed E-state index contributed by atoms with van der Waals surface area (Å²) < 4.78 is 10.6. The minimum absolute atomic E-state index is 0.231. The van der Waals surface area contributed by atoms with E-state index in [2.05, 4.69) is 15.4 Å². The molecule has 2 aromatic rings. The van der Waals surface area contributed by atoms with Crippen molar-refractivity contribution in [3.63, 3.8) is 0 Å². The van der Waals surface area contributed by atoms with Crippen LogP contribution in [0.5, 0.6) is 0 Å². The quantitative estimate of drug-likeness (QED) is 0.897. The van der Waals surface area contributed by atoms with E-state index in [4.69, 9.17) is 20.9 Å². The molecule has 0 saturated carbocycles. The Morgan fingerprint density at radius 3 is 2.71 bits per heavy atom. The first-order valence-corrected chi connectivity index (χ1v) is 8.29. The van der Waals surface area contributed by atoms with Crippen molar-refractivity contribution in [1.82, 2.24) is 15.4 Å². The van der Waals surface area contributed by atoms with Gasteiger partial charge < -0.3 is 14.6 Å². The summed E-state index contributed by atoms with van der Waals surface area (Å²) in [4.78, 5) is 14.7. The monoisotopic (exact) mass is 349 g/mol. The highest BCUT2D eigenvalue weighted by Crippen LogP contribution is 2.17. The summed E-state index contributed by atoms with van der Waals surface area (Å²) in [6, 6.07) is 7.36. The van der Waals surface area contributed by atoms with Crippen LogP contribution in [0.1, 0.15) is 27.4 Å². The molecule has 7 heteroatoms. The molecule has 1 N–H and O–H groups in total. The lowest BCUT2D eigenvalue weighted by Gasteiger charge is -2.26. The van der Waals surface area contributed by atoms with Gasteiger partial charge in [0.25, 0.3) is 5.91 Å². The third kappa shape index (κ3) is 4.14. The Kier molecular flexibility index (Phi) is 5.50. The van der Waals surface area contributed by atoms with Gasteiger partial charge in [0.1, 0.15) is 5.76 Å². The van der Waals surface area contributed by atoms with E-state index in [0.29, 0.717) is 42.8 Å². The van der Waals surface area contributed by atoms with Crippen molar-refractivity contribution in [2.45, 2.75) is 20.0 Å². The van der Waals surface area contributed by atoms with Gasteiger partial charge in [-0.15, -0.1) is 0 Å². The molecule has 1 saturated heterocycles. The SMILES string of the molecule is Cc1onc(C(=O)NCc2ccc(Cl)cc2)c1CN1CCOCC1. The standard InChI is InChI=1S/C17H20ClN3O3/c1-12-15(11-21-6-8-23-9-7-21)16(20-24-12)17(22)19-10-13-2-4-14(18)5-3-13/h2-5H,6-11H2,1H3,(H,19,22). The summed E-state index contributed by atoms with van der Waals surface area (Å²) in [5.41, 5.74) is 2.17. The first-order valence-electron chi connectivity index (χ1n) is 7.91. The lowest BCUT2D eigenvalue weighted by Crippen LogP contribution is -2.36. The molecule has 1 aliphatic heterocycles. The van der Waals surface area contributed by atoms with Crippen LogP contribution in [0.25, 0.3) is 0 Å². The van der Waals surface area contributed by atoms with Crippen LogP contribution in [0.4, 0.5) is 0 Å². The van der Waals surface area contributed by atoms with Gasteiger partial charge in [0.2, 0.25) is 0 Å². The van der Waals surface area contributed by atoms with Gasteiger partial charge in [-0.2, -0.15) is 0 Å². The summed E-state index contributed by atoms with van der Waals surface area (Å²) in [5, 5.41) is 7.49. The first kappa shape index (κ1) is 17.0. The van der Waals surface area contributed by atoms with E-state index in [0.717, 1.165) is 24.2 Å². The molecule has 6 nitrogen and oxygen atoms in total. The fourth-order valence-electron chi connectivity index (χ4n) is 2.61. The van der Waals surface area contributed by atoms with E-state index in [9.17, 15) is 4.79 Å². The predicted octanol–water partition coefficient (Wildman–Crippen LogP) is 2.40. The van der Waals surface area contributed by atoms with E-state index in [1.54, 1.807) is 12.1 Å². The second kappa shape index (κ2) is 7.79. The molecule has 1 aromatic heterocycles. The molecular weight excluding hydrogens is 330 g/mol. The predicted molar refractivity (Wildman–Crippen MR) is 90.0 cm³/mol. The molecular formula is C17H20ClN3O3. The fraction of sp³-hybridized carbons (Fsp3) is 0.412. The molecule has 0 unspecified atom stereocenters. The first-order chi connectivity index (χ1) is 11.6. The second-order valence-electron chi connectivity index (χ2n) is 5.76. The van der Waals surface area contributed by atoms with Gasteiger partial charge in [-0.25, -0.2) is 0 Å². The lowest BCUT2D eigenvalue weighted by atomic mass is 10.1. The largest absolute Gasteiger partial charge is 0.379 e. The maximum absolute atomic E-state index is 12.5. The smallest absolute Gasteiger partial charge is 0.274 e. The average Bonchev–Trinajstić information content (AvgIpc) is 2.96. The Balaban J connectivity index is 1.64. The number of carbonyl (C=O) groups is 1. The zero-order valence-electron chi connectivity index (χ0n) is 13.5. The lowest BCUT2D eigenvalue weighted by molar-refractivity contribution is 0.0339. The molecule has 1 amide bonds. The van der Waals surface area contributed by atoms with Gasteiger partial charge in [-0.05, 0) is 24.6 Å². The molecule has 1 aromatic carbocycles. The summed E-state index contributed by atoms with van der Waals surface area (Å²) in [7, 11) is 0. The van der Waals surface area contributed by atoms with Gasteiger partial charge in [0.05, 0.1) is 13.2 Å². The number of rotatable bonds is 5. The Morgan fingerprint density at radius 2 is 2.00 bits per heavy atom. The van der Waals surface area contributed by atoms with Crippen LogP contribution < -0.4 is 5.32 Å². The third-order valence-electron chi connectivity index (χ3n) is 4.05. The summed E-state index contributed by atoms with van der Waals surface area (Å²) >= 11 is 5.86. The van der Waals surface area contributed by atoms with Crippen LogP contribution in [0, 0.1) is 6.92 Å². The van der Waals surface area contributed by atoms with E-state index in [-0.39, 0.29) is 5.91 Å². The van der Waals surface area contributed by atoms with Gasteiger partial charge in [-0.3, -0.25) is 9.69 Å². The van der Waals surface area contributed by atoms with Gasteiger partial charge >= 0.3 is 0 Å². The molecule has 24 heavy (non-hydrogen) atoms. The maximum atomic E-state index is 12.5. The molecule has 0 radical (unpaired) electrons. The van der Waals surface area contributed by atoms with Crippen molar-refractivity contribution in [2.75, 3.05) is 26.3 Å². The van der Waals surface area contributed by atoms with Crippen molar-refractivity contribution in [3.05, 3.63) is 51.9 Å². The topological polar surface area (TPSA) is 67.6 Å². The molecule has 1 aliphatic rings. The number of ether oxygens (including phenoxy) is 1. The van der Waals surface area contributed by atoms with Crippen molar-refractivity contribution in [2.24, 2.45) is 0 Å². The molecule has 0 spiro atoms. The van der Waals surface area contributed by atoms with E-state index in [1.165, 1.54) is 0 Å². The highest BCUT2D eigenvalue weighted by molar-refractivity contribution is 6.30. The number of nitrogens with one attached hydrogen (secondary N) is 1. The highest BCUT2D eigenvalue weighted by atomic mass is 35.5. The minimum Gasteiger partial charge on any atom is -0.379 e. The van der Waals surface area contributed by atoms with Crippen LogP contribution in [-0.2, 0) is 17.8 Å². The number of aryl methyl sites for hydroxylation is 1. The number of halogens is 1. The van der Waals surface area contributed by atoms with Gasteiger partial charge in [-0.1, -0.05) is 28.9 Å². The molecule has 0 atom stereocenters. The molecule has 128 valence electrons. The van der Waals surface area contributed by atoms with Gasteiger partial charge in [0.15, 0.2) is 5.69 Å². The average molecular weight is 350 g/mol. The third-order valence-corrected chi connectivity index (χ3v) is 4.30. The normalized spacial score (nSPS) is 15.4. The second-order valence-corrected chi connectivity index (χ2v) is 6.20. The minimum atomic E-state index is -0.231. The highest BCUT2D eigenvalue weighted by Gasteiger charge is 2.22. The van der Waals surface area contributed by atoms with Crippen LogP contribution in [0.2, 0.25) is 5.02 Å². The Bertz CT molecular complexity index is 694. The number of hydrogen-bond acceptors (Lipinski definition) is 5. The summed E-state index contributed by atoms with van der Waals surface area (Å²) in [6.45, 7) is 6.00. The van der Waals surface area contributed by atoms with Gasteiger partial charge in [0, 0.05) is 36.8 Å². The number of hydrogen-bond donors (Lipinski definition) is 1. The van der Waals surface area contributed by atoms with Crippen molar-refractivity contribution in [1.29, 1.82) is 0 Å². The van der Waals surface area contributed by atoms with Crippen LogP contribution in [0.3, 0.4) is 0 Å².